The predicted octanol–water partition coefficient (Wildman–Crippen LogP) is 4.05. The lowest BCUT2D eigenvalue weighted by Gasteiger charge is -2.28. The summed E-state index contributed by atoms with van der Waals surface area (Å²) in [4.78, 5) is 64.5. The largest absolute Gasteiger partial charge is 0.465 e. The number of non-ortho nitro benzene ring substituents is 1. The first-order chi connectivity index (χ1) is 18.2. The number of hydrogen-bond acceptors (Lipinski definition) is 7. The summed E-state index contributed by atoms with van der Waals surface area (Å²) in [7, 11) is 1.24. The van der Waals surface area contributed by atoms with E-state index in [0.29, 0.717) is 11.4 Å². The highest BCUT2D eigenvalue weighted by Gasteiger charge is 2.44. The van der Waals surface area contributed by atoms with E-state index in [1.54, 1.807) is 18.2 Å². The van der Waals surface area contributed by atoms with Crippen LogP contribution in [0.1, 0.15) is 32.7 Å². The second kappa shape index (κ2) is 11.2. The van der Waals surface area contributed by atoms with Crippen molar-refractivity contribution in [3.8, 4) is 0 Å². The van der Waals surface area contributed by atoms with Gasteiger partial charge < -0.3 is 9.64 Å². The smallest absolute Gasteiger partial charge is 0.337 e. The van der Waals surface area contributed by atoms with Gasteiger partial charge in [0.1, 0.15) is 6.04 Å². The topological polar surface area (TPSA) is 127 Å². The van der Waals surface area contributed by atoms with E-state index in [1.807, 2.05) is 6.07 Å². The van der Waals surface area contributed by atoms with Crippen LogP contribution < -0.4 is 4.90 Å². The maximum Gasteiger partial charge on any atom is 0.337 e. The summed E-state index contributed by atoms with van der Waals surface area (Å²) in [5.41, 5.74) is 1.30. The quantitative estimate of drug-likeness (QED) is 0.184. The number of amides is 3. The molecule has 1 unspecified atom stereocenters. The summed E-state index contributed by atoms with van der Waals surface area (Å²) >= 11 is 6.09. The second-order valence-corrected chi connectivity index (χ2v) is 8.94. The molecule has 3 amide bonds. The molecular formula is C27H22ClN3O7. The molecule has 1 atom stereocenters. The van der Waals surface area contributed by atoms with Crippen molar-refractivity contribution >= 4 is 46.7 Å². The number of carbonyl (C=O) groups is 4. The first-order valence-corrected chi connectivity index (χ1v) is 11.9. The lowest BCUT2D eigenvalue weighted by molar-refractivity contribution is -0.384. The van der Waals surface area contributed by atoms with E-state index < -0.39 is 34.7 Å². The zero-order valence-corrected chi connectivity index (χ0v) is 21.0. The fourth-order valence-electron chi connectivity index (χ4n) is 4.23. The van der Waals surface area contributed by atoms with Crippen LogP contribution in [0.15, 0.2) is 72.8 Å². The molecule has 194 valence electrons. The van der Waals surface area contributed by atoms with Gasteiger partial charge in [0.05, 0.1) is 29.7 Å². The number of rotatable bonds is 8. The molecule has 0 spiro atoms. The number of benzene rings is 3. The van der Waals surface area contributed by atoms with Crippen LogP contribution in [0.5, 0.6) is 0 Å². The van der Waals surface area contributed by atoms with Gasteiger partial charge in [-0.05, 0) is 60.5 Å². The zero-order valence-electron chi connectivity index (χ0n) is 20.2. The molecule has 4 rings (SSSR count). The molecule has 0 N–H and O–H groups in total. The van der Waals surface area contributed by atoms with Crippen molar-refractivity contribution in [2.45, 2.75) is 18.9 Å². The molecule has 0 saturated carbocycles. The highest BCUT2D eigenvalue weighted by molar-refractivity contribution is 6.30. The van der Waals surface area contributed by atoms with Gasteiger partial charge in [-0.1, -0.05) is 23.7 Å². The van der Waals surface area contributed by atoms with Crippen LogP contribution in [0.25, 0.3) is 0 Å². The SMILES string of the molecule is COC(=O)c1ccc(N2C(=O)CC(N(CCc3cccc(Cl)c3)C(=O)c3ccc([N+](=O)[O-])cc3)C2=O)cc1. The number of nitro benzene ring substituents is 1. The molecule has 1 heterocycles. The third-order valence-corrected chi connectivity index (χ3v) is 6.40. The van der Waals surface area contributed by atoms with Gasteiger partial charge in [0.15, 0.2) is 0 Å². The number of nitro groups is 1. The summed E-state index contributed by atoms with van der Waals surface area (Å²) in [5, 5.41) is 11.5. The van der Waals surface area contributed by atoms with Gasteiger partial charge in [-0.25, -0.2) is 9.69 Å². The molecule has 10 nitrogen and oxygen atoms in total. The average molecular weight is 536 g/mol. The fourth-order valence-corrected chi connectivity index (χ4v) is 4.44. The first-order valence-electron chi connectivity index (χ1n) is 11.5. The van der Waals surface area contributed by atoms with Crippen LogP contribution >= 0.6 is 11.6 Å². The molecule has 1 aliphatic rings. The number of methoxy groups -OCH3 is 1. The minimum absolute atomic E-state index is 0.0922. The Morgan fingerprint density at radius 2 is 1.71 bits per heavy atom. The molecule has 1 saturated heterocycles. The predicted molar refractivity (Wildman–Crippen MR) is 138 cm³/mol. The molecule has 0 aliphatic carbocycles. The Kier molecular flexibility index (Phi) is 7.82. The Morgan fingerprint density at radius 1 is 1.05 bits per heavy atom. The van der Waals surface area contributed by atoms with Crippen molar-refractivity contribution in [1.82, 2.24) is 4.90 Å². The van der Waals surface area contributed by atoms with Gasteiger partial charge in [0.2, 0.25) is 5.91 Å². The van der Waals surface area contributed by atoms with Crippen LogP contribution in [0.2, 0.25) is 5.02 Å². The first kappa shape index (κ1) is 26.5. The highest BCUT2D eigenvalue weighted by Crippen LogP contribution is 2.28. The van der Waals surface area contributed by atoms with Crippen LogP contribution in [0.4, 0.5) is 11.4 Å². The number of halogens is 1. The maximum absolute atomic E-state index is 13.5. The summed E-state index contributed by atoms with van der Waals surface area (Å²) in [6.45, 7) is 0.0922. The molecular weight excluding hydrogens is 514 g/mol. The molecule has 0 radical (unpaired) electrons. The van der Waals surface area contributed by atoms with Gasteiger partial charge in [-0.3, -0.25) is 24.5 Å². The zero-order chi connectivity index (χ0) is 27.4. The molecule has 38 heavy (non-hydrogen) atoms. The van der Waals surface area contributed by atoms with E-state index in [2.05, 4.69) is 4.74 Å². The highest BCUT2D eigenvalue weighted by atomic mass is 35.5. The normalized spacial score (nSPS) is 14.9. The van der Waals surface area contributed by atoms with Crippen molar-refractivity contribution in [1.29, 1.82) is 0 Å². The summed E-state index contributed by atoms with van der Waals surface area (Å²) in [5.74, 6) is -2.21. The van der Waals surface area contributed by atoms with Gasteiger partial charge in [-0.15, -0.1) is 0 Å². The van der Waals surface area contributed by atoms with Gasteiger partial charge in [0, 0.05) is 29.3 Å². The van der Waals surface area contributed by atoms with E-state index in [-0.39, 0.29) is 35.5 Å². The number of carbonyl (C=O) groups excluding carboxylic acids is 4. The Morgan fingerprint density at radius 3 is 2.32 bits per heavy atom. The van der Waals surface area contributed by atoms with Crippen molar-refractivity contribution < 1.29 is 28.8 Å². The van der Waals surface area contributed by atoms with Crippen LogP contribution in [0.3, 0.4) is 0 Å². The molecule has 3 aromatic carbocycles. The maximum atomic E-state index is 13.5. The third-order valence-electron chi connectivity index (χ3n) is 6.16. The molecule has 0 aromatic heterocycles. The van der Waals surface area contributed by atoms with E-state index in [1.165, 1.54) is 60.5 Å². The number of hydrogen-bond donors (Lipinski definition) is 0. The Balaban J connectivity index is 1.63. The van der Waals surface area contributed by atoms with E-state index >= 15 is 0 Å². The number of anilines is 1. The average Bonchev–Trinajstić information content (AvgIpc) is 3.21. The van der Waals surface area contributed by atoms with Crippen molar-refractivity contribution in [3.63, 3.8) is 0 Å². The number of ether oxygens (including phenoxy) is 1. The minimum atomic E-state index is -1.09. The van der Waals surface area contributed by atoms with Crippen molar-refractivity contribution in [2.75, 3.05) is 18.6 Å². The van der Waals surface area contributed by atoms with Gasteiger partial charge in [-0.2, -0.15) is 0 Å². The van der Waals surface area contributed by atoms with E-state index in [4.69, 9.17) is 11.6 Å². The van der Waals surface area contributed by atoms with Crippen molar-refractivity contribution in [2.24, 2.45) is 0 Å². The molecule has 1 aliphatic heterocycles. The summed E-state index contributed by atoms with van der Waals surface area (Å²) < 4.78 is 4.68. The Hall–Kier alpha value is -4.57. The van der Waals surface area contributed by atoms with Crippen LogP contribution in [-0.2, 0) is 20.7 Å². The monoisotopic (exact) mass is 535 g/mol. The molecule has 3 aromatic rings. The number of esters is 1. The number of imide groups is 1. The minimum Gasteiger partial charge on any atom is -0.465 e. The summed E-state index contributed by atoms with van der Waals surface area (Å²) in [6.07, 6.45) is 0.108. The summed E-state index contributed by atoms with van der Waals surface area (Å²) in [6, 6.07) is 16.8. The number of nitrogens with zero attached hydrogens (tertiary/aromatic N) is 3. The van der Waals surface area contributed by atoms with Crippen LogP contribution in [0, 0.1) is 10.1 Å². The standard InChI is InChI=1S/C27H22ClN3O7/c1-38-27(35)19-7-9-21(10-8-19)30-24(32)16-23(26(30)34)29(14-13-17-3-2-4-20(28)15-17)25(33)18-5-11-22(12-6-18)31(36)37/h2-12,15,23H,13-14,16H2,1H3. The van der Waals surface area contributed by atoms with Crippen molar-refractivity contribution in [3.05, 3.63) is 105 Å². The second-order valence-electron chi connectivity index (χ2n) is 8.51. The Bertz CT molecular complexity index is 1410. The fraction of sp³-hybridized carbons (Fsp3) is 0.185. The van der Waals surface area contributed by atoms with E-state index in [9.17, 15) is 29.3 Å². The van der Waals surface area contributed by atoms with Gasteiger partial charge in [0.25, 0.3) is 17.5 Å². The van der Waals surface area contributed by atoms with Gasteiger partial charge >= 0.3 is 5.97 Å². The lowest BCUT2D eigenvalue weighted by Crippen LogP contribution is -2.46. The van der Waals surface area contributed by atoms with Crippen LogP contribution in [-0.4, -0.2) is 53.2 Å². The van der Waals surface area contributed by atoms with E-state index in [0.717, 1.165) is 10.5 Å². The molecule has 0 bridgehead atoms. The Labute approximate surface area is 222 Å². The molecule has 1 fully saturated rings. The molecule has 11 heteroatoms. The lowest BCUT2D eigenvalue weighted by atomic mass is 10.1. The third kappa shape index (κ3) is 5.55.